The maximum absolute atomic E-state index is 5.17. The number of nitrogens with zero attached hydrogens (tertiary/aromatic N) is 2. The van der Waals surface area contributed by atoms with Gasteiger partial charge in [0, 0.05) is 13.5 Å². The van der Waals surface area contributed by atoms with Crippen LogP contribution in [-0.2, 0) is 11.2 Å². The lowest BCUT2D eigenvalue weighted by Crippen LogP contribution is -2.00. The number of rotatable bonds is 4. The van der Waals surface area contributed by atoms with Gasteiger partial charge in [0.1, 0.15) is 11.6 Å². The van der Waals surface area contributed by atoms with Crippen molar-refractivity contribution < 1.29 is 9.47 Å². The molecule has 0 unspecified atom stereocenters. The maximum Gasteiger partial charge on any atom is 0.135 e. The van der Waals surface area contributed by atoms with Crippen LogP contribution in [0, 0.1) is 0 Å². The molecule has 2 rings (SSSR count). The van der Waals surface area contributed by atoms with Gasteiger partial charge in [-0.1, -0.05) is 0 Å². The van der Waals surface area contributed by atoms with Gasteiger partial charge >= 0.3 is 0 Å². The highest BCUT2D eigenvalue weighted by Crippen LogP contribution is 2.14. The van der Waals surface area contributed by atoms with Crippen molar-refractivity contribution >= 4 is 5.52 Å². The van der Waals surface area contributed by atoms with Crippen LogP contribution in [0.5, 0.6) is 5.75 Å². The van der Waals surface area contributed by atoms with E-state index in [0.29, 0.717) is 6.61 Å². The Morgan fingerprint density at radius 2 is 2.20 bits per heavy atom. The van der Waals surface area contributed by atoms with Gasteiger partial charge in [-0.05, 0) is 12.1 Å². The molecule has 0 radical (unpaired) electrons. The molecule has 0 saturated heterocycles. The standard InChI is InChI=1S/C11H14N2O2/c1-14-6-5-11-12-7-9-3-4-10(15-2)8-13(9)11/h3-4,7-8H,5-6H2,1-2H3. The molecule has 4 heteroatoms. The second-order valence-corrected chi connectivity index (χ2v) is 3.28. The van der Waals surface area contributed by atoms with Crippen molar-refractivity contribution in [1.29, 1.82) is 0 Å². The Balaban J connectivity index is 2.38. The quantitative estimate of drug-likeness (QED) is 0.761. The van der Waals surface area contributed by atoms with Crippen LogP contribution in [0.1, 0.15) is 5.82 Å². The fourth-order valence-corrected chi connectivity index (χ4v) is 1.52. The van der Waals surface area contributed by atoms with E-state index in [9.17, 15) is 0 Å². The van der Waals surface area contributed by atoms with Crippen LogP contribution in [0.25, 0.3) is 5.52 Å². The van der Waals surface area contributed by atoms with E-state index >= 15 is 0 Å². The second-order valence-electron chi connectivity index (χ2n) is 3.28. The Morgan fingerprint density at radius 1 is 1.33 bits per heavy atom. The van der Waals surface area contributed by atoms with Gasteiger partial charge in [-0.15, -0.1) is 0 Å². The third-order valence-electron chi connectivity index (χ3n) is 2.34. The molecule has 0 aliphatic heterocycles. The lowest BCUT2D eigenvalue weighted by atomic mass is 10.4. The molecule has 2 aromatic rings. The number of methoxy groups -OCH3 is 2. The number of imidazole rings is 1. The lowest BCUT2D eigenvalue weighted by molar-refractivity contribution is 0.200. The van der Waals surface area contributed by atoms with Gasteiger partial charge in [0.25, 0.3) is 0 Å². The van der Waals surface area contributed by atoms with Crippen molar-refractivity contribution in [2.45, 2.75) is 6.42 Å². The van der Waals surface area contributed by atoms with E-state index < -0.39 is 0 Å². The van der Waals surface area contributed by atoms with Gasteiger partial charge in [-0.3, -0.25) is 4.40 Å². The topological polar surface area (TPSA) is 35.8 Å². The molecule has 4 nitrogen and oxygen atoms in total. The summed E-state index contributed by atoms with van der Waals surface area (Å²) < 4.78 is 12.2. The summed E-state index contributed by atoms with van der Waals surface area (Å²) in [6.07, 6.45) is 4.59. The van der Waals surface area contributed by atoms with Crippen LogP contribution in [0.3, 0.4) is 0 Å². The van der Waals surface area contributed by atoms with Gasteiger partial charge in [-0.25, -0.2) is 4.98 Å². The van der Waals surface area contributed by atoms with Crippen molar-refractivity contribution in [2.75, 3.05) is 20.8 Å². The van der Waals surface area contributed by atoms with Gasteiger partial charge in [0.15, 0.2) is 0 Å². The number of fused-ring (bicyclic) bond motifs is 1. The second kappa shape index (κ2) is 4.31. The third-order valence-corrected chi connectivity index (χ3v) is 2.34. The number of ether oxygens (including phenoxy) is 2. The zero-order valence-corrected chi connectivity index (χ0v) is 8.93. The summed E-state index contributed by atoms with van der Waals surface area (Å²) >= 11 is 0. The average molecular weight is 206 g/mol. The number of aromatic nitrogens is 2. The largest absolute Gasteiger partial charge is 0.495 e. The molecule has 2 aromatic heterocycles. The molecule has 2 heterocycles. The first kappa shape index (κ1) is 9.98. The highest BCUT2D eigenvalue weighted by atomic mass is 16.5. The van der Waals surface area contributed by atoms with Gasteiger partial charge in [-0.2, -0.15) is 0 Å². The van der Waals surface area contributed by atoms with E-state index in [-0.39, 0.29) is 0 Å². The molecule has 0 N–H and O–H groups in total. The number of pyridine rings is 1. The first-order valence-electron chi connectivity index (χ1n) is 4.84. The summed E-state index contributed by atoms with van der Waals surface area (Å²) in [5.74, 6) is 1.82. The van der Waals surface area contributed by atoms with Crippen LogP contribution in [0.4, 0.5) is 0 Å². The van der Waals surface area contributed by atoms with E-state index in [0.717, 1.165) is 23.5 Å². The first-order chi connectivity index (χ1) is 7.35. The van der Waals surface area contributed by atoms with E-state index in [1.807, 2.05) is 28.9 Å². The zero-order valence-electron chi connectivity index (χ0n) is 8.93. The van der Waals surface area contributed by atoms with Crippen molar-refractivity contribution in [1.82, 2.24) is 9.38 Å². The Hall–Kier alpha value is -1.55. The molecule has 80 valence electrons. The van der Waals surface area contributed by atoms with Crippen LogP contribution < -0.4 is 4.74 Å². The van der Waals surface area contributed by atoms with Crippen LogP contribution in [0.15, 0.2) is 24.5 Å². The van der Waals surface area contributed by atoms with E-state index in [1.165, 1.54) is 0 Å². The van der Waals surface area contributed by atoms with Crippen LogP contribution in [-0.4, -0.2) is 30.2 Å². The molecule has 0 aliphatic carbocycles. The molecule has 0 atom stereocenters. The monoisotopic (exact) mass is 206 g/mol. The summed E-state index contributed by atoms with van der Waals surface area (Å²) in [6.45, 7) is 0.677. The average Bonchev–Trinajstić information content (AvgIpc) is 2.68. The molecule has 0 fully saturated rings. The fourth-order valence-electron chi connectivity index (χ4n) is 1.52. The molecule has 0 saturated carbocycles. The van der Waals surface area contributed by atoms with Crippen molar-refractivity contribution in [3.63, 3.8) is 0 Å². The highest BCUT2D eigenvalue weighted by Gasteiger charge is 2.03. The normalized spacial score (nSPS) is 10.8. The molecule has 0 bridgehead atoms. The smallest absolute Gasteiger partial charge is 0.135 e. The zero-order chi connectivity index (χ0) is 10.7. The van der Waals surface area contributed by atoms with E-state index in [4.69, 9.17) is 9.47 Å². The van der Waals surface area contributed by atoms with E-state index in [1.54, 1.807) is 14.2 Å². The number of hydrogen-bond acceptors (Lipinski definition) is 3. The molecular weight excluding hydrogens is 192 g/mol. The van der Waals surface area contributed by atoms with Gasteiger partial charge < -0.3 is 9.47 Å². The predicted octanol–water partition coefficient (Wildman–Crippen LogP) is 1.53. The molecular formula is C11H14N2O2. The van der Waals surface area contributed by atoms with Crippen molar-refractivity contribution in [2.24, 2.45) is 0 Å². The van der Waals surface area contributed by atoms with Gasteiger partial charge in [0.2, 0.25) is 0 Å². The Kier molecular flexibility index (Phi) is 2.87. The minimum absolute atomic E-state index is 0.677. The fraction of sp³-hybridized carbons (Fsp3) is 0.364. The molecule has 0 amide bonds. The summed E-state index contributed by atoms with van der Waals surface area (Å²) in [4.78, 5) is 4.34. The van der Waals surface area contributed by atoms with Gasteiger partial charge in [0.05, 0.1) is 31.6 Å². The molecule has 15 heavy (non-hydrogen) atoms. The van der Waals surface area contributed by atoms with E-state index in [2.05, 4.69) is 4.98 Å². The van der Waals surface area contributed by atoms with Crippen molar-refractivity contribution in [3.05, 3.63) is 30.4 Å². The third kappa shape index (κ3) is 1.94. The van der Waals surface area contributed by atoms with Crippen molar-refractivity contribution in [3.8, 4) is 5.75 Å². The van der Waals surface area contributed by atoms with Crippen LogP contribution >= 0.6 is 0 Å². The summed E-state index contributed by atoms with van der Waals surface area (Å²) in [6, 6.07) is 3.92. The Morgan fingerprint density at radius 3 is 2.93 bits per heavy atom. The highest BCUT2D eigenvalue weighted by molar-refractivity contribution is 5.48. The first-order valence-corrected chi connectivity index (χ1v) is 4.84. The summed E-state index contributed by atoms with van der Waals surface area (Å²) in [7, 11) is 3.35. The lowest BCUT2D eigenvalue weighted by Gasteiger charge is -2.03. The Bertz CT molecular complexity index is 451. The minimum atomic E-state index is 0.677. The summed E-state index contributed by atoms with van der Waals surface area (Å²) in [5.41, 5.74) is 1.07. The molecule has 0 spiro atoms. The predicted molar refractivity (Wildman–Crippen MR) is 57.3 cm³/mol. The van der Waals surface area contributed by atoms with Crippen LogP contribution in [0.2, 0.25) is 0 Å². The molecule has 0 aliphatic rings. The minimum Gasteiger partial charge on any atom is -0.495 e. The SMILES string of the molecule is COCCc1ncc2ccc(OC)cn12. The Labute approximate surface area is 88.5 Å². The molecule has 0 aromatic carbocycles. The maximum atomic E-state index is 5.17. The number of hydrogen-bond donors (Lipinski definition) is 0. The summed E-state index contributed by atoms with van der Waals surface area (Å²) in [5, 5.41) is 0.